The fraction of sp³-hybridized carbons (Fsp3) is 0.579. The number of nitrogens with two attached hydrogens (primary N) is 1. The van der Waals surface area contributed by atoms with Gasteiger partial charge in [0, 0.05) is 24.3 Å². The molecule has 0 aromatic heterocycles. The largest absolute Gasteiger partial charge is 0.339 e. The minimum atomic E-state index is -0.587. The maximum atomic E-state index is 12.5. The van der Waals surface area contributed by atoms with Gasteiger partial charge in [0.1, 0.15) is 0 Å². The number of anilines is 1. The third kappa shape index (κ3) is 4.81. The molecule has 5 heteroatoms. The van der Waals surface area contributed by atoms with Gasteiger partial charge in [-0.15, -0.1) is 0 Å². The molecule has 0 radical (unpaired) electrons. The van der Waals surface area contributed by atoms with Crippen molar-refractivity contribution in [1.82, 2.24) is 4.90 Å². The first-order chi connectivity index (χ1) is 11.3. The predicted octanol–water partition coefficient (Wildman–Crippen LogP) is 3.01. The first-order valence-electron chi connectivity index (χ1n) is 8.75. The summed E-state index contributed by atoms with van der Waals surface area (Å²) < 4.78 is 0. The second-order valence-corrected chi connectivity index (χ2v) is 7.62. The van der Waals surface area contributed by atoms with E-state index in [0.717, 1.165) is 25.9 Å². The topological polar surface area (TPSA) is 75.4 Å². The lowest BCUT2D eigenvalue weighted by Crippen LogP contribution is -2.45. The standard InChI is InChI=1S/C19H29N3O2/c1-19(2,3)16(20)17(23)21-15-10-8-14(9-11-15)18(24)22-12-6-4-5-7-13-22/h8-11,16H,4-7,12-13,20H2,1-3H3,(H,21,23)/t16-/m1/s1. The zero-order valence-corrected chi connectivity index (χ0v) is 15.0. The van der Waals surface area contributed by atoms with Gasteiger partial charge in [0.05, 0.1) is 6.04 Å². The lowest BCUT2D eigenvalue weighted by molar-refractivity contribution is -0.119. The molecule has 1 fully saturated rings. The number of hydrogen-bond acceptors (Lipinski definition) is 3. The Morgan fingerprint density at radius 2 is 1.58 bits per heavy atom. The van der Waals surface area contributed by atoms with E-state index < -0.39 is 6.04 Å². The van der Waals surface area contributed by atoms with Gasteiger partial charge in [0.25, 0.3) is 5.91 Å². The molecule has 0 bridgehead atoms. The van der Waals surface area contributed by atoms with Crippen molar-refractivity contribution in [3.05, 3.63) is 29.8 Å². The van der Waals surface area contributed by atoms with Crippen molar-refractivity contribution < 1.29 is 9.59 Å². The van der Waals surface area contributed by atoms with Crippen LogP contribution in [-0.2, 0) is 4.79 Å². The summed E-state index contributed by atoms with van der Waals surface area (Å²) in [6.07, 6.45) is 4.54. The van der Waals surface area contributed by atoms with Gasteiger partial charge < -0.3 is 16.0 Å². The SMILES string of the molecule is CC(C)(C)[C@H](N)C(=O)Nc1ccc(C(=O)N2CCCCCC2)cc1. The minimum absolute atomic E-state index is 0.0705. The lowest BCUT2D eigenvalue weighted by atomic mass is 9.87. The van der Waals surface area contributed by atoms with E-state index in [1.54, 1.807) is 24.3 Å². The van der Waals surface area contributed by atoms with Crippen molar-refractivity contribution in [1.29, 1.82) is 0 Å². The van der Waals surface area contributed by atoms with Crippen LogP contribution in [0.1, 0.15) is 56.8 Å². The molecular formula is C19H29N3O2. The van der Waals surface area contributed by atoms with E-state index in [4.69, 9.17) is 5.73 Å². The summed E-state index contributed by atoms with van der Waals surface area (Å²) in [5, 5.41) is 2.82. The van der Waals surface area contributed by atoms with Crippen LogP contribution in [0.5, 0.6) is 0 Å². The number of hydrogen-bond donors (Lipinski definition) is 2. The van der Waals surface area contributed by atoms with Crippen molar-refractivity contribution in [3.63, 3.8) is 0 Å². The Kier molecular flexibility index (Phi) is 5.99. The van der Waals surface area contributed by atoms with Crippen molar-refractivity contribution in [2.45, 2.75) is 52.5 Å². The summed E-state index contributed by atoms with van der Waals surface area (Å²) in [5.74, 6) is -0.143. The molecule has 5 nitrogen and oxygen atoms in total. The Hall–Kier alpha value is -1.88. The minimum Gasteiger partial charge on any atom is -0.339 e. The van der Waals surface area contributed by atoms with Crippen LogP contribution in [0.15, 0.2) is 24.3 Å². The molecule has 2 rings (SSSR count). The molecule has 132 valence electrons. The maximum absolute atomic E-state index is 12.5. The molecule has 1 atom stereocenters. The Labute approximate surface area is 144 Å². The molecule has 1 heterocycles. The van der Waals surface area contributed by atoms with Gasteiger partial charge >= 0.3 is 0 Å². The highest BCUT2D eigenvalue weighted by Gasteiger charge is 2.27. The highest BCUT2D eigenvalue weighted by molar-refractivity contribution is 5.97. The Balaban J connectivity index is 1.99. The fourth-order valence-electron chi connectivity index (χ4n) is 2.77. The van der Waals surface area contributed by atoms with Gasteiger partial charge in [0.2, 0.25) is 5.91 Å². The average molecular weight is 331 g/mol. The van der Waals surface area contributed by atoms with Crippen LogP contribution in [-0.4, -0.2) is 35.8 Å². The van der Waals surface area contributed by atoms with Gasteiger partial charge in [-0.3, -0.25) is 9.59 Å². The molecule has 0 saturated carbocycles. The molecule has 1 aromatic carbocycles. The summed E-state index contributed by atoms with van der Waals surface area (Å²) >= 11 is 0. The third-order valence-corrected chi connectivity index (χ3v) is 4.51. The molecule has 2 amide bonds. The highest BCUT2D eigenvalue weighted by atomic mass is 16.2. The predicted molar refractivity (Wildman–Crippen MR) is 96.9 cm³/mol. The molecule has 24 heavy (non-hydrogen) atoms. The van der Waals surface area contributed by atoms with E-state index in [-0.39, 0.29) is 17.2 Å². The molecule has 0 spiro atoms. The van der Waals surface area contributed by atoms with Gasteiger partial charge in [0.15, 0.2) is 0 Å². The monoisotopic (exact) mass is 331 g/mol. The van der Waals surface area contributed by atoms with Crippen LogP contribution in [0, 0.1) is 5.41 Å². The van der Waals surface area contributed by atoms with Crippen LogP contribution in [0.4, 0.5) is 5.69 Å². The van der Waals surface area contributed by atoms with Crippen LogP contribution in [0.2, 0.25) is 0 Å². The first-order valence-corrected chi connectivity index (χ1v) is 8.75. The first kappa shape index (κ1) is 18.5. The van der Waals surface area contributed by atoms with Crippen molar-refractivity contribution in [2.24, 2.45) is 11.1 Å². The lowest BCUT2D eigenvalue weighted by Gasteiger charge is -2.25. The molecule has 1 aromatic rings. The number of carbonyl (C=O) groups excluding carboxylic acids is 2. The zero-order valence-electron chi connectivity index (χ0n) is 15.0. The molecule has 0 unspecified atom stereocenters. The summed E-state index contributed by atoms with van der Waals surface area (Å²) in [5.41, 5.74) is 6.98. The Morgan fingerprint density at radius 1 is 1.04 bits per heavy atom. The number of amides is 2. The fourth-order valence-corrected chi connectivity index (χ4v) is 2.77. The van der Waals surface area contributed by atoms with E-state index >= 15 is 0 Å². The van der Waals surface area contributed by atoms with E-state index in [1.807, 2.05) is 25.7 Å². The number of benzene rings is 1. The Morgan fingerprint density at radius 3 is 2.08 bits per heavy atom. The van der Waals surface area contributed by atoms with E-state index in [2.05, 4.69) is 5.32 Å². The second kappa shape index (κ2) is 7.79. The van der Waals surface area contributed by atoms with E-state index in [1.165, 1.54) is 12.8 Å². The number of carbonyl (C=O) groups is 2. The Bertz CT molecular complexity index is 567. The van der Waals surface area contributed by atoms with Crippen molar-refractivity contribution in [3.8, 4) is 0 Å². The highest BCUT2D eigenvalue weighted by Crippen LogP contribution is 2.20. The van der Waals surface area contributed by atoms with Gasteiger partial charge in [-0.25, -0.2) is 0 Å². The third-order valence-electron chi connectivity index (χ3n) is 4.51. The van der Waals surface area contributed by atoms with Gasteiger partial charge in [-0.05, 0) is 42.5 Å². The van der Waals surface area contributed by atoms with Crippen molar-refractivity contribution >= 4 is 17.5 Å². The normalized spacial score (nSPS) is 17.1. The number of nitrogens with one attached hydrogen (secondary N) is 1. The molecule has 3 N–H and O–H groups in total. The molecule has 1 aliphatic rings. The zero-order chi connectivity index (χ0) is 17.7. The van der Waals surface area contributed by atoms with Crippen molar-refractivity contribution in [2.75, 3.05) is 18.4 Å². The number of likely N-dealkylation sites (tertiary alicyclic amines) is 1. The summed E-state index contributed by atoms with van der Waals surface area (Å²) in [6.45, 7) is 7.45. The molecular weight excluding hydrogens is 302 g/mol. The molecule has 1 aliphatic heterocycles. The summed E-state index contributed by atoms with van der Waals surface area (Å²) in [6, 6.07) is 6.48. The van der Waals surface area contributed by atoms with Crippen LogP contribution in [0.25, 0.3) is 0 Å². The summed E-state index contributed by atoms with van der Waals surface area (Å²) in [4.78, 5) is 26.6. The number of nitrogens with zero attached hydrogens (tertiary/aromatic N) is 1. The van der Waals surface area contributed by atoms with Crippen LogP contribution >= 0.6 is 0 Å². The molecule has 0 aliphatic carbocycles. The number of rotatable bonds is 3. The van der Waals surface area contributed by atoms with Gasteiger partial charge in [-0.1, -0.05) is 33.6 Å². The quantitative estimate of drug-likeness (QED) is 0.894. The maximum Gasteiger partial charge on any atom is 0.253 e. The second-order valence-electron chi connectivity index (χ2n) is 7.62. The molecule has 1 saturated heterocycles. The summed E-state index contributed by atoms with van der Waals surface area (Å²) in [7, 11) is 0. The van der Waals surface area contributed by atoms with Crippen LogP contribution < -0.4 is 11.1 Å². The smallest absolute Gasteiger partial charge is 0.253 e. The van der Waals surface area contributed by atoms with E-state index in [9.17, 15) is 9.59 Å². The average Bonchev–Trinajstić information content (AvgIpc) is 2.82. The van der Waals surface area contributed by atoms with Crippen LogP contribution in [0.3, 0.4) is 0 Å². The van der Waals surface area contributed by atoms with E-state index in [0.29, 0.717) is 11.3 Å². The van der Waals surface area contributed by atoms with Gasteiger partial charge in [-0.2, -0.15) is 0 Å².